The highest BCUT2D eigenvalue weighted by Crippen LogP contribution is 2.50. The summed E-state index contributed by atoms with van der Waals surface area (Å²) in [6.45, 7) is 3.08. The molecule has 33 heavy (non-hydrogen) atoms. The second-order valence-corrected chi connectivity index (χ2v) is 10.6. The van der Waals surface area contributed by atoms with Gasteiger partial charge >= 0.3 is 5.97 Å². The Morgan fingerprint density at radius 2 is 1.97 bits per heavy atom. The van der Waals surface area contributed by atoms with Gasteiger partial charge in [0, 0.05) is 28.7 Å². The number of carbonyl (C=O) groups is 2. The number of aliphatic hydroxyl groups excluding tert-OH is 1. The van der Waals surface area contributed by atoms with Gasteiger partial charge in [0.15, 0.2) is 0 Å². The van der Waals surface area contributed by atoms with E-state index in [-0.39, 0.29) is 42.2 Å². The number of nitro benzene ring substituents is 1. The van der Waals surface area contributed by atoms with Gasteiger partial charge in [-0.15, -0.1) is 11.8 Å². The van der Waals surface area contributed by atoms with Crippen molar-refractivity contribution in [2.24, 2.45) is 11.8 Å². The predicted octanol–water partition coefficient (Wildman–Crippen LogP) is 1.42. The van der Waals surface area contributed by atoms with Crippen LogP contribution in [-0.4, -0.2) is 66.0 Å². The SMILES string of the molecule is CC(O)[C@@H]1C(=O)N2C(C(=O)OCc3ccc([N+](=O)[O-])cc3)=C(SCCOS(C)(=O)=O)[C@@H](C)C12. The monoisotopic (exact) mass is 500 g/mol. The Morgan fingerprint density at radius 3 is 2.52 bits per heavy atom. The molecule has 4 atom stereocenters. The molecule has 0 bridgehead atoms. The molecule has 11 nitrogen and oxygen atoms in total. The average Bonchev–Trinajstić information content (AvgIpc) is 2.97. The summed E-state index contributed by atoms with van der Waals surface area (Å²) in [7, 11) is -3.61. The van der Waals surface area contributed by atoms with Crippen molar-refractivity contribution in [1.29, 1.82) is 0 Å². The minimum absolute atomic E-state index is 0.0701. The summed E-state index contributed by atoms with van der Waals surface area (Å²) in [5, 5.41) is 20.8. The maximum atomic E-state index is 13.0. The number of β-lactam (4-membered cyclic amide) rings is 1. The number of ether oxygens (including phenoxy) is 1. The maximum absolute atomic E-state index is 13.0. The third kappa shape index (κ3) is 5.37. The number of aliphatic hydroxyl groups is 1. The fourth-order valence-corrected chi connectivity index (χ4v) is 5.57. The molecule has 0 radical (unpaired) electrons. The van der Waals surface area contributed by atoms with E-state index in [1.54, 1.807) is 0 Å². The van der Waals surface area contributed by atoms with Crippen molar-refractivity contribution in [2.75, 3.05) is 18.6 Å². The summed E-state index contributed by atoms with van der Waals surface area (Å²) in [5.41, 5.74) is 0.510. The fourth-order valence-electron chi connectivity index (χ4n) is 3.97. The van der Waals surface area contributed by atoms with Crippen LogP contribution >= 0.6 is 11.8 Å². The van der Waals surface area contributed by atoms with E-state index >= 15 is 0 Å². The molecule has 180 valence electrons. The minimum atomic E-state index is -3.61. The van der Waals surface area contributed by atoms with Crippen LogP contribution in [0.15, 0.2) is 34.9 Å². The van der Waals surface area contributed by atoms with Crippen LogP contribution in [0.3, 0.4) is 0 Å². The van der Waals surface area contributed by atoms with Gasteiger partial charge in [-0.05, 0) is 24.6 Å². The van der Waals surface area contributed by atoms with Crippen molar-refractivity contribution in [1.82, 2.24) is 4.90 Å². The maximum Gasteiger partial charge on any atom is 0.356 e. The number of carbonyl (C=O) groups excluding carboxylic acids is 2. The van der Waals surface area contributed by atoms with E-state index in [1.807, 2.05) is 6.92 Å². The number of hydrogen-bond acceptors (Lipinski definition) is 10. The lowest BCUT2D eigenvalue weighted by Gasteiger charge is -2.46. The Bertz CT molecular complexity index is 1080. The molecule has 2 aliphatic rings. The zero-order chi connectivity index (χ0) is 24.5. The first-order valence-corrected chi connectivity index (χ1v) is 12.9. The molecule has 1 amide bonds. The zero-order valence-corrected chi connectivity index (χ0v) is 19.8. The van der Waals surface area contributed by atoms with Crippen molar-refractivity contribution in [3.63, 3.8) is 0 Å². The molecular weight excluding hydrogens is 476 g/mol. The van der Waals surface area contributed by atoms with E-state index in [9.17, 15) is 33.2 Å². The van der Waals surface area contributed by atoms with Crippen LogP contribution in [-0.2, 0) is 35.2 Å². The minimum Gasteiger partial charge on any atom is -0.456 e. The van der Waals surface area contributed by atoms with Crippen molar-refractivity contribution >= 4 is 39.4 Å². The van der Waals surface area contributed by atoms with Crippen molar-refractivity contribution < 1.29 is 37.0 Å². The summed E-state index contributed by atoms with van der Waals surface area (Å²) < 4.78 is 32.5. The van der Waals surface area contributed by atoms with Crippen LogP contribution in [0, 0.1) is 22.0 Å². The predicted molar refractivity (Wildman–Crippen MR) is 118 cm³/mol. The second kappa shape index (κ2) is 9.79. The van der Waals surface area contributed by atoms with Gasteiger partial charge in [0.05, 0.1) is 35.8 Å². The first kappa shape index (κ1) is 25.1. The Hall–Kier alpha value is -2.48. The summed E-state index contributed by atoms with van der Waals surface area (Å²) >= 11 is 1.20. The number of benzene rings is 1. The molecule has 1 aromatic rings. The molecule has 1 N–H and O–H groups in total. The summed E-state index contributed by atoms with van der Waals surface area (Å²) in [4.78, 5) is 37.8. The number of nitrogens with zero attached hydrogens (tertiary/aromatic N) is 2. The van der Waals surface area contributed by atoms with E-state index < -0.39 is 39.1 Å². The Labute approximate surface area is 195 Å². The van der Waals surface area contributed by atoms with Crippen LogP contribution in [0.5, 0.6) is 0 Å². The third-order valence-electron chi connectivity index (χ3n) is 5.46. The van der Waals surface area contributed by atoms with Crippen molar-refractivity contribution in [3.05, 3.63) is 50.5 Å². The van der Waals surface area contributed by atoms with Crippen LogP contribution in [0.4, 0.5) is 5.69 Å². The molecule has 1 fully saturated rings. The van der Waals surface area contributed by atoms with Gasteiger partial charge in [0.2, 0.25) is 5.91 Å². The topological polar surface area (TPSA) is 153 Å². The number of rotatable bonds is 10. The molecule has 1 saturated heterocycles. The summed E-state index contributed by atoms with van der Waals surface area (Å²) in [5.74, 6) is -1.82. The van der Waals surface area contributed by atoms with Gasteiger partial charge in [-0.3, -0.25) is 19.1 Å². The van der Waals surface area contributed by atoms with Crippen LogP contribution in [0.2, 0.25) is 0 Å². The van der Waals surface area contributed by atoms with E-state index in [4.69, 9.17) is 8.92 Å². The first-order valence-electron chi connectivity index (χ1n) is 10.1. The van der Waals surface area contributed by atoms with Crippen LogP contribution in [0.1, 0.15) is 19.4 Å². The largest absolute Gasteiger partial charge is 0.456 e. The molecule has 1 aromatic carbocycles. The Kier molecular flexibility index (Phi) is 7.46. The molecule has 13 heteroatoms. The second-order valence-electron chi connectivity index (χ2n) is 7.84. The van der Waals surface area contributed by atoms with E-state index in [1.165, 1.54) is 47.9 Å². The number of non-ortho nitro benzene ring substituents is 1. The van der Waals surface area contributed by atoms with E-state index in [0.29, 0.717) is 10.5 Å². The molecule has 2 aliphatic heterocycles. The van der Waals surface area contributed by atoms with E-state index in [0.717, 1.165) is 6.26 Å². The number of thioether (sulfide) groups is 1. The molecule has 0 aromatic heterocycles. The van der Waals surface area contributed by atoms with Crippen molar-refractivity contribution in [2.45, 2.75) is 32.6 Å². The normalized spacial score (nSPS) is 23.2. The molecule has 0 saturated carbocycles. The number of esters is 1. The van der Waals surface area contributed by atoms with Gasteiger partial charge in [0.25, 0.3) is 15.8 Å². The van der Waals surface area contributed by atoms with Gasteiger partial charge in [-0.25, -0.2) is 4.79 Å². The average molecular weight is 501 g/mol. The van der Waals surface area contributed by atoms with Crippen LogP contribution in [0.25, 0.3) is 0 Å². The standard InChI is InChI=1S/C20H24N2O9S2/c1-11-16-15(12(2)23)19(24)21(16)17(18(11)32-9-8-31-33(3,28)29)20(25)30-10-13-4-6-14(7-5-13)22(26)27/h4-7,11-12,15-16,23H,8-10H2,1-3H3/t11-,12?,15-,16?/m0/s1. The highest BCUT2D eigenvalue weighted by molar-refractivity contribution is 8.03. The summed E-state index contributed by atoms with van der Waals surface area (Å²) in [6.07, 6.45) is 0.0463. The quantitative estimate of drug-likeness (QED) is 0.125. The lowest BCUT2D eigenvalue weighted by molar-refractivity contribution is -0.384. The van der Waals surface area contributed by atoms with Gasteiger partial charge < -0.3 is 14.7 Å². The highest BCUT2D eigenvalue weighted by atomic mass is 32.2. The summed E-state index contributed by atoms with van der Waals surface area (Å²) in [6, 6.07) is 5.13. The Balaban J connectivity index is 1.76. The third-order valence-corrected chi connectivity index (χ3v) is 7.30. The molecular formula is C20H24N2O9S2. The molecule has 0 aliphatic carbocycles. The van der Waals surface area contributed by atoms with Gasteiger partial charge in [-0.2, -0.15) is 8.42 Å². The number of fused-ring (bicyclic) bond motifs is 1. The Morgan fingerprint density at radius 1 is 1.33 bits per heavy atom. The molecule has 0 spiro atoms. The highest BCUT2D eigenvalue weighted by Gasteiger charge is 2.60. The molecule has 3 rings (SSSR count). The fraction of sp³-hybridized carbons (Fsp3) is 0.500. The lowest BCUT2D eigenvalue weighted by Crippen LogP contribution is -2.63. The van der Waals surface area contributed by atoms with Crippen LogP contribution < -0.4 is 0 Å². The number of hydrogen-bond donors (Lipinski definition) is 1. The number of nitro groups is 1. The van der Waals surface area contributed by atoms with Crippen molar-refractivity contribution in [3.8, 4) is 0 Å². The molecule has 2 unspecified atom stereocenters. The zero-order valence-electron chi connectivity index (χ0n) is 18.2. The van der Waals surface area contributed by atoms with Gasteiger partial charge in [-0.1, -0.05) is 6.92 Å². The number of amides is 1. The molecule has 2 heterocycles. The smallest absolute Gasteiger partial charge is 0.356 e. The first-order chi connectivity index (χ1) is 15.4. The van der Waals surface area contributed by atoms with E-state index in [2.05, 4.69) is 0 Å². The van der Waals surface area contributed by atoms with Gasteiger partial charge in [0.1, 0.15) is 12.3 Å². The lowest BCUT2D eigenvalue weighted by atomic mass is 9.79.